The molecule has 2 aromatic rings. The van der Waals surface area contributed by atoms with Gasteiger partial charge >= 0.3 is 0 Å². The second-order valence-corrected chi connectivity index (χ2v) is 4.22. The number of rotatable bonds is 2. The third-order valence-electron chi connectivity index (χ3n) is 2.00. The van der Waals surface area contributed by atoms with Gasteiger partial charge in [0.05, 0.1) is 5.51 Å². The molecule has 0 aliphatic carbocycles. The molecule has 0 bridgehead atoms. The minimum Gasteiger partial charge on any atom is -0.305 e. The van der Waals surface area contributed by atoms with E-state index in [1.54, 1.807) is 10.9 Å². The quantitative estimate of drug-likeness (QED) is 0.866. The van der Waals surface area contributed by atoms with E-state index < -0.39 is 0 Å². The van der Waals surface area contributed by atoms with Crippen molar-refractivity contribution in [3.63, 3.8) is 0 Å². The van der Waals surface area contributed by atoms with Crippen molar-refractivity contribution < 1.29 is 4.79 Å². The van der Waals surface area contributed by atoms with Gasteiger partial charge in [-0.25, -0.2) is 9.97 Å². The molecule has 0 fully saturated rings. The Kier molecular flexibility index (Phi) is 2.96. The van der Waals surface area contributed by atoms with Gasteiger partial charge in [-0.3, -0.25) is 4.79 Å². The first-order chi connectivity index (χ1) is 7.65. The Morgan fingerprint density at radius 2 is 2.19 bits per heavy atom. The molecule has 2 rings (SSSR count). The Hall–Kier alpha value is -1.75. The number of thiazole rings is 1. The molecule has 0 saturated heterocycles. The lowest BCUT2D eigenvalue weighted by Gasteiger charge is -2.04. The van der Waals surface area contributed by atoms with Crippen LogP contribution in [0, 0.1) is 13.8 Å². The van der Waals surface area contributed by atoms with Crippen molar-refractivity contribution in [3.8, 4) is 0 Å². The highest BCUT2D eigenvalue weighted by Gasteiger charge is 2.08. The Morgan fingerprint density at radius 3 is 2.81 bits per heavy atom. The summed E-state index contributed by atoms with van der Waals surface area (Å²) in [6, 6.07) is 3.79. The second kappa shape index (κ2) is 4.40. The molecule has 1 N–H and O–H groups in total. The fraction of sp³-hybridized carbons (Fsp3) is 0.182. The first-order valence-corrected chi connectivity index (χ1v) is 5.74. The molecule has 0 atom stereocenters. The standard InChI is InChI=1S/C11H11N3OS/c1-7-3-8(2)13-10(4-7)14-11(15)9-5-16-6-12-9/h3-6H,1-2H3,(H,13,14,15). The fourth-order valence-electron chi connectivity index (χ4n) is 1.41. The molecular weight excluding hydrogens is 222 g/mol. The molecule has 4 nitrogen and oxygen atoms in total. The number of nitrogens with zero attached hydrogens (tertiary/aromatic N) is 2. The summed E-state index contributed by atoms with van der Waals surface area (Å²) < 4.78 is 0. The maximum absolute atomic E-state index is 11.7. The third-order valence-corrected chi connectivity index (χ3v) is 2.59. The largest absolute Gasteiger partial charge is 0.305 e. The van der Waals surface area contributed by atoms with E-state index in [-0.39, 0.29) is 5.91 Å². The van der Waals surface area contributed by atoms with Crippen molar-refractivity contribution in [1.82, 2.24) is 9.97 Å². The van der Waals surface area contributed by atoms with Gasteiger partial charge in [0, 0.05) is 11.1 Å². The molecule has 0 saturated carbocycles. The molecule has 1 amide bonds. The van der Waals surface area contributed by atoms with E-state index in [0.29, 0.717) is 11.5 Å². The molecule has 0 spiro atoms. The number of nitrogens with one attached hydrogen (secondary N) is 1. The number of carbonyl (C=O) groups excluding carboxylic acids is 1. The predicted octanol–water partition coefficient (Wildman–Crippen LogP) is 2.41. The number of anilines is 1. The number of hydrogen-bond acceptors (Lipinski definition) is 4. The van der Waals surface area contributed by atoms with E-state index >= 15 is 0 Å². The number of carbonyl (C=O) groups is 1. The average molecular weight is 233 g/mol. The monoisotopic (exact) mass is 233 g/mol. The maximum Gasteiger partial charge on any atom is 0.276 e. The minimum atomic E-state index is -0.223. The van der Waals surface area contributed by atoms with Crippen LogP contribution in [0.3, 0.4) is 0 Å². The predicted molar refractivity (Wildman–Crippen MR) is 63.8 cm³/mol. The lowest BCUT2D eigenvalue weighted by molar-refractivity contribution is 0.102. The first kappa shape index (κ1) is 10.8. The second-order valence-electron chi connectivity index (χ2n) is 3.50. The maximum atomic E-state index is 11.7. The molecule has 0 unspecified atom stereocenters. The van der Waals surface area contributed by atoms with Gasteiger partial charge in [-0.1, -0.05) is 0 Å². The van der Waals surface area contributed by atoms with Crippen molar-refractivity contribution in [2.24, 2.45) is 0 Å². The molecular formula is C11H11N3OS. The van der Waals surface area contributed by atoms with Gasteiger partial charge in [0.25, 0.3) is 5.91 Å². The highest BCUT2D eigenvalue weighted by Crippen LogP contribution is 2.10. The van der Waals surface area contributed by atoms with Gasteiger partial charge < -0.3 is 5.32 Å². The van der Waals surface area contributed by atoms with Crippen LogP contribution >= 0.6 is 11.3 Å². The summed E-state index contributed by atoms with van der Waals surface area (Å²) >= 11 is 1.39. The van der Waals surface area contributed by atoms with Crippen LogP contribution in [0.15, 0.2) is 23.0 Å². The molecule has 0 aliphatic heterocycles. The van der Waals surface area contributed by atoms with E-state index in [9.17, 15) is 4.79 Å². The van der Waals surface area contributed by atoms with E-state index in [2.05, 4.69) is 15.3 Å². The van der Waals surface area contributed by atoms with Crippen LogP contribution < -0.4 is 5.32 Å². The highest BCUT2D eigenvalue weighted by molar-refractivity contribution is 7.07. The first-order valence-electron chi connectivity index (χ1n) is 4.80. The zero-order valence-corrected chi connectivity index (χ0v) is 9.84. The third kappa shape index (κ3) is 2.43. The smallest absolute Gasteiger partial charge is 0.276 e. The summed E-state index contributed by atoms with van der Waals surface area (Å²) in [7, 11) is 0. The van der Waals surface area contributed by atoms with E-state index in [1.807, 2.05) is 26.0 Å². The molecule has 0 radical (unpaired) electrons. The molecule has 16 heavy (non-hydrogen) atoms. The lowest BCUT2D eigenvalue weighted by Crippen LogP contribution is -2.13. The van der Waals surface area contributed by atoms with Crippen molar-refractivity contribution in [2.75, 3.05) is 5.32 Å². The fourth-order valence-corrected chi connectivity index (χ4v) is 1.94. The van der Waals surface area contributed by atoms with Crippen LogP contribution in [0.2, 0.25) is 0 Å². The summed E-state index contributed by atoms with van der Waals surface area (Å²) in [5.74, 6) is 0.342. The summed E-state index contributed by atoms with van der Waals surface area (Å²) in [6.45, 7) is 3.86. The Labute approximate surface area is 97.4 Å². The molecule has 2 heterocycles. The Bertz CT molecular complexity index is 488. The van der Waals surface area contributed by atoms with Crippen LogP contribution in [-0.2, 0) is 0 Å². The summed E-state index contributed by atoms with van der Waals surface area (Å²) in [4.78, 5) is 19.9. The van der Waals surface area contributed by atoms with Crippen molar-refractivity contribution in [3.05, 3.63) is 40.0 Å². The van der Waals surface area contributed by atoms with Gasteiger partial charge in [-0.15, -0.1) is 11.3 Å². The molecule has 82 valence electrons. The summed E-state index contributed by atoms with van der Waals surface area (Å²) in [5.41, 5.74) is 4.00. The van der Waals surface area contributed by atoms with E-state index in [1.165, 1.54) is 11.3 Å². The number of hydrogen-bond donors (Lipinski definition) is 1. The van der Waals surface area contributed by atoms with Gasteiger partial charge in [-0.2, -0.15) is 0 Å². The van der Waals surface area contributed by atoms with Crippen LogP contribution in [0.1, 0.15) is 21.7 Å². The lowest BCUT2D eigenvalue weighted by atomic mass is 10.2. The van der Waals surface area contributed by atoms with Crippen LogP contribution in [0.25, 0.3) is 0 Å². The van der Waals surface area contributed by atoms with Gasteiger partial charge in [0.15, 0.2) is 0 Å². The molecule has 0 aromatic carbocycles. The van der Waals surface area contributed by atoms with Crippen molar-refractivity contribution in [1.29, 1.82) is 0 Å². The minimum absolute atomic E-state index is 0.223. The van der Waals surface area contributed by atoms with Crippen molar-refractivity contribution >= 4 is 23.1 Å². The van der Waals surface area contributed by atoms with Crippen molar-refractivity contribution in [2.45, 2.75) is 13.8 Å². The number of amides is 1. The van der Waals surface area contributed by atoms with E-state index in [4.69, 9.17) is 0 Å². The molecule has 2 aromatic heterocycles. The normalized spacial score (nSPS) is 10.1. The number of pyridine rings is 1. The zero-order chi connectivity index (χ0) is 11.5. The van der Waals surface area contributed by atoms with Crippen LogP contribution in [-0.4, -0.2) is 15.9 Å². The van der Waals surface area contributed by atoms with Crippen LogP contribution in [0.4, 0.5) is 5.82 Å². The summed E-state index contributed by atoms with van der Waals surface area (Å²) in [5, 5.41) is 4.43. The van der Waals surface area contributed by atoms with E-state index in [0.717, 1.165) is 11.3 Å². The van der Waals surface area contributed by atoms with Crippen LogP contribution in [0.5, 0.6) is 0 Å². The average Bonchev–Trinajstić information content (AvgIpc) is 2.68. The number of aromatic nitrogens is 2. The highest BCUT2D eigenvalue weighted by atomic mass is 32.1. The summed E-state index contributed by atoms with van der Waals surface area (Å²) in [6.07, 6.45) is 0. The topological polar surface area (TPSA) is 54.9 Å². The SMILES string of the molecule is Cc1cc(C)nc(NC(=O)c2cscn2)c1. The zero-order valence-electron chi connectivity index (χ0n) is 9.02. The Morgan fingerprint density at radius 1 is 1.38 bits per heavy atom. The number of aryl methyl sites for hydroxylation is 2. The van der Waals surface area contributed by atoms with Gasteiger partial charge in [-0.05, 0) is 31.5 Å². The molecule has 5 heteroatoms. The van der Waals surface area contributed by atoms with Gasteiger partial charge in [0.2, 0.25) is 0 Å². The Balaban J connectivity index is 2.18. The molecule has 0 aliphatic rings. The van der Waals surface area contributed by atoms with Gasteiger partial charge in [0.1, 0.15) is 11.5 Å².